The predicted octanol–water partition coefficient (Wildman–Crippen LogP) is 2.55. The van der Waals surface area contributed by atoms with E-state index in [4.69, 9.17) is 0 Å². The molecule has 1 saturated heterocycles. The quantitative estimate of drug-likeness (QED) is 0.873. The predicted molar refractivity (Wildman–Crippen MR) is 76.3 cm³/mol. The van der Waals surface area contributed by atoms with Crippen molar-refractivity contribution in [3.05, 3.63) is 17.3 Å². The van der Waals surface area contributed by atoms with Crippen molar-refractivity contribution in [2.75, 3.05) is 11.9 Å². The second-order valence-electron chi connectivity index (χ2n) is 4.95. The van der Waals surface area contributed by atoms with Crippen molar-refractivity contribution in [3.63, 3.8) is 0 Å². The van der Waals surface area contributed by atoms with Crippen molar-refractivity contribution in [2.45, 2.75) is 38.8 Å². The van der Waals surface area contributed by atoms with Crippen molar-refractivity contribution in [3.8, 4) is 0 Å². The zero-order valence-electron chi connectivity index (χ0n) is 10.7. The van der Waals surface area contributed by atoms with Gasteiger partial charge in [-0.25, -0.2) is 9.97 Å². The molecule has 0 saturated carbocycles. The lowest BCUT2D eigenvalue weighted by Crippen LogP contribution is -2.46. The van der Waals surface area contributed by atoms with Crippen LogP contribution in [0.4, 0.5) is 5.82 Å². The summed E-state index contributed by atoms with van der Waals surface area (Å²) in [5.74, 6) is 0.985. The van der Waals surface area contributed by atoms with Gasteiger partial charge in [0.2, 0.25) is 0 Å². The molecule has 2 atom stereocenters. The number of fused-ring (bicyclic) bond motifs is 1. The Morgan fingerprint density at radius 2 is 2.33 bits per heavy atom. The molecule has 2 N–H and O–H groups in total. The highest BCUT2D eigenvalue weighted by molar-refractivity contribution is 7.18. The molecule has 18 heavy (non-hydrogen) atoms. The third-order valence-corrected chi connectivity index (χ3v) is 4.71. The minimum absolute atomic E-state index is 0.458. The normalized spacial score (nSPS) is 24.3. The SMILES string of the molecule is Cc1csc2c(NC3CCCNC3C)ncnc12. The fourth-order valence-corrected chi connectivity index (χ4v) is 3.44. The molecular weight excluding hydrogens is 244 g/mol. The van der Waals surface area contributed by atoms with Crippen molar-refractivity contribution in [2.24, 2.45) is 0 Å². The average Bonchev–Trinajstić information content (AvgIpc) is 2.76. The molecule has 3 heterocycles. The van der Waals surface area contributed by atoms with Crippen LogP contribution in [0.1, 0.15) is 25.3 Å². The first-order chi connectivity index (χ1) is 8.75. The molecule has 0 radical (unpaired) electrons. The zero-order chi connectivity index (χ0) is 12.5. The van der Waals surface area contributed by atoms with Gasteiger partial charge in [0, 0.05) is 12.1 Å². The maximum Gasteiger partial charge on any atom is 0.147 e. The van der Waals surface area contributed by atoms with Gasteiger partial charge in [-0.1, -0.05) is 0 Å². The van der Waals surface area contributed by atoms with Gasteiger partial charge in [-0.05, 0) is 44.2 Å². The van der Waals surface area contributed by atoms with E-state index in [1.807, 2.05) is 0 Å². The number of nitrogens with one attached hydrogen (secondary N) is 2. The molecular formula is C13H18N4S. The summed E-state index contributed by atoms with van der Waals surface area (Å²) in [6, 6.07) is 0.948. The number of hydrogen-bond acceptors (Lipinski definition) is 5. The minimum atomic E-state index is 0.458. The van der Waals surface area contributed by atoms with Gasteiger partial charge in [0.15, 0.2) is 0 Å². The van der Waals surface area contributed by atoms with Gasteiger partial charge < -0.3 is 10.6 Å². The Labute approximate surface area is 111 Å². The molecule has 0 aliphatic carbocycles. The molecule has 0 amide bonds. The number of aryl methyl sites for hydroxylation is 1. The molecule has 2 aromatic heterocycles. The third-order valence-electron chi connectivity index (χ3n) is 3.61. The molecule has 1 aliphatic heterocycles. The first-order valence-corrected chi connectivity index (χ1v) is 7.32. The van der Waals surface area contributed by atoms with Crippen molar-refractivity contribution < 1.29 is 0 Å². The monoisotopic (exact) mass is 262 g/mol. The van der Waals surface area contributed by atoms with E-state index in [0.29, 0.717) is 12.1 Å². The van der Waals surface area contributed by atoms with Crippen LogP contribution in [-0.4, -0.2) is 28.6 Å². The van der Waals surface area contributed by atoms with Gasteiger partial charge >= 0.3 is 0 Å². The standard InChI is InChI=1S/C13H18N4S/c1-8-6-18-12-11(8)15-7-16-13(12)17-10-4-3-5-14-9(10)2/h6-7,9-10,14H,3-5H2,1-2H3,(H,15,16,17). The number of hydrogen-bond donors (Lipinski definition) is 2. The Bertz CT molecular complexity index is 551. The number of thiophene rings is 1. The fraction of sp³-hybridized carbons (Fsp3) is 0.538. The second-order valence-corrected chi connectivity index (χ2v) is 5.83. The highest BCUT2D eigenvalue weighted by Crippen LogP contribution is 2.29. The molecule has 1 aliphatic rings. The summed E-state index contributed by atoms with van der Waals surface area (Å²) in [5.41, 5.74) is 2.31. The lowest BCUT2D eigenvalue weighted by molar-refractivity contribution is 0.389. The molecule has 0 bridgehead atoms. The van der Waals surface area contributed by atoms with Crippen LogP contribution >= 0.6 is 11.3 Å². The molecule has 0 aromatic carbocycles. The van der Waals surface area contributed by atoms with Crippen LogP contribution in [0.15, 0.2) is 11.7 Å². The largest absolute Gasteiger partial charge is 0.364 e. The first kappa shape index (κ1) is 11.9. The smallest absolute Gasteiger partial charge is 0.147 e. The summed E-state index contributed by atoms with van der Waals surface area (Å²) in [6.45, 7) is 5.45. The van der Waals surface area contributed by atoms with Crippen molar-refractivity contribution in [1.82, 2.24) is 15.3 Å². The molecule has 96 valence electrons. The maximum absolute atomic E-state index is 4.41. The summed E-state index contributed by atoms with van der Waals surface area (Å²) in [5, 5.41) is 9.23. The Kier molecular flexibility index (Phi) is 3.18. The molecule has 2 aromatic rings. The summed E-state index contributed by atoms with van der Waals surface area (Å²) in [7, 11) is 0. The van der Waals surface area contributed by atoms with Gasteiger partial charge in [0.05, 0.1) is 10.2 Å². The van der Waals surface area contributed by atoms with Gasteiger partial charge in [0.1, 0.15) is 12.1 Å². The van der Waals surface area contributed by atoms with E-state index >= 15 is 0 Å². The number of anilines is 1. The van der Waals surface area contributed by atoms with E-state index in [-0.39, 0.29) is 0 Å². The summed E-state index contributed by atoms with van der Waals surface area (Å²) >= 11 is 1.72. The van der Waals surface area contributed by atoms with Crippen LogP contribution < -0.4 is 10.6 Å². The summed E-state index contributed by atoms with van der Waals surface area (Å²) in [6.07, 6.45) is 4.08. The van der Waals surface area contributed by atoms with E-state index < -0.39 is 0 Å². The van der Waals surface area contributed by atoms with Gasteiger partial charge in [-0.15, -0.1) is 11.3 Å². The van der Waals surface area contributed by atoms with E-state index in [2.05, 4.69) is 39.8 Å². The summed E-state index contributed by atoms with van der Waals surface area (Å²) in [4.78, 5) is 8.77. The van der Waals surface area contributed by atoms with Gasteiger partial charge in [0.25, 0.3) is 0 Å². The Hall–Kier alpha value is -1.20. The zero-order valence-corrected chi connectivity index (χ0v) is 11.5. The van der Waals surface area contributed by atoms with Crippen molar-refractivity contribution in [1.29, 1.82) is 0 Å². The van der Waals surface area contributed by atoms with Crippen LogP contribution in [0.25, 0.3) is 10.2 Å². The Morgan fingerprint density at radius 3 is 3.17 bits per heavy atom. The van der Waals surface area contributed by atoms with E-state index in [1.165, 1.54) is 23.1 Å². The first-order valence-electron chi connectivity index (χ1n) is 6.44. The number of aromatic nitrogens is 2. The highest BCUT2D eigenvalue weighted by atomic mass is 32.1. The molecule has 1 fully saturated rings. The molecule has 0 spiro atoms. The van der Waals surface area contributed by atoms with E-state index in [1.54, 1.807) is 17.7 Å². The van der Waals surface area contributed by atoms with Crippen LogP contribution in [0, 0.1) is 6.92 Å². The van der Waals surface area contributed by atoms with Crippen LogP contribution in [-0.2, 0) is 0 Å². The lowest BCUT2D eigenvalue weighted by atomic mass is 10.00. The Morgan fingerprint density at radius 1 is 1.44 bits per heavy atom. The number of nitrogens with zero attached hydrogens (tertiary/aromatic N) is 2. The number of piperidine rings is 1. The highest BCUT2D eigenvalue weighted by Gasteiger charge is 2.21. The van der Waals surface area contributed by atoms with Crippen LogP contribution in [0.5, 0.6) is 0 Å². The molecule has 4 nitrogen and oxygen atoms in total. The second kappa shape index (κ2) is 4.82. The molecule has 3 rings (SSSR count). The number of rotatable bonds is 2. The van der Waals surface area contributed by atoms with Gasteiger partial charge in [-0.3, -0.25) is 0 Å². The average molecular weight is 262 g/mol. The topological polar surface area (TPSA) is 49.8 Å². The minimum Gasteiger partial charge on any atom is -0.364 e. The van der Waals surface area contributed by atoms with Crippen LogP contribution in [0.3, 0.4) is 0 Å². The molecule has 5 heteroatoms. The molecule has 2 unspecified atom stereocenters. The van der Waals surface area contributed by atoms with E-state index in [0.717, 1.165) is 17.9 Å². The maximum atomic E-state index is 4.41. The fourth-order valence-electron chi connectivity index (χ4n) is 2.49. The third kappa shape index (κ3) is 2.08. The van der Waals surface area contributed by atoms with Crippen molar-refractivity contribution >= 4 is 27.4 Å². The summed E-state index contributed by atoms with van der Waals surface area (Å²) < 4.78 is 1.17. The van der Waals surface area contributed by atoms with Gasteiger partial charge in [-0.2, -0.15) is 0 Å². The Balaban J connectivity index is 1.90. The van der Waals surface area contributed by atoms with E-state index in [9.17, 15) is 0 Å². The lowest BCUT2D eigenvalue weighted by Gasteiger charge is -2.31. The van der Waals surface area contributed by atoms with Crippen LogP contribution in [0.2, 0.25) is 0 Å².